The predicted octanol–water partition coefficient (Wildman–Crippen LogP) is 3.25. The molecule has 4 N–H and O–H groups in total. The Kier molecular flexibility index (Phi) is 10.4. The number of hydrogen-bond donors (Lipinski definition) is 3. The number of likely N-dealkylation sites (tertiary alicyclic amines) is 1. The monoisotopic (exact) mass is 527 g/mol. The van der Waals surface area contributed by atoms with Gasteiger partial charge in [0.15, 0.2) is 5.96 Å². The van der Waals surface area contributed by atoms with E-state index in [4.69, 9.17) is 5.73 Å². The highest BCUT2D eigenvalue weighted by Gasteiger charge is 2.24. The molecule has 0 aromatic heterocycles. The third kappa shape index (κ3) is 7.72. The van der Waals surface area contributed by atoms with Crippen molar-refractivity contribution in [2.24, 2.45) is 22.6 Å². The zero-order chi connectivity index (χ0) is 20.6. The molecule has 1 saturated heterocycles. The summed E-state index contributed by atoms with van der Waals surface area (Å²) in [5.74, 6) is 1.56. The van der Waals surface area contributed by atoms with Crippen LogP contribution >= 0.6 is 24.0 Å². The minimum Gasteiger partial charge on any atom is -0.369 e. The average Bonchev–Trinajstić information content (AvgIpc) is 2.73. The first-order chi connectivity index (χ1) is 14.0. The van der Waals surface area contributed by atoms with Gasteiger partial charge in [0.25, 0.3) is 0 Å². The van der Waals surface area contributed by atoms with Crippen LogP contribution in [-0.2, 0) is 17.9 Å². The van der Waals surface area contributed by atoms with Gasteiger partial charge in [0, 0.05) is 32.7 Å². The number of nitrogens with two attached hydrogens (primary N) is 1. The molecule has 1 unspecified atom stereocenters. The van der Waals surface area contributed by atoms with E-state index < -0.39 is 0 Å². The minimum atomic E-state index is -0.168. The maximum absolute atomic E-state index is 11.5. The Morgan fingerprint density at radius 3 is 2.63 bits per heavy atom. The lowest BCUT2D eigenvalue weighted by molar-refractivity contribution is -0.123. The fraction of sp³-hybridized carbons (Fsp3) is 0.652. The zero-order valence-electron chi connectivity index (χ0n) is 18.4. The molecule has 6 nitrogen and oxygen atoms in total. The van der Waals surface area contributed by atoms with Gasteiger partial charge in [-0.05, 0) is 62.1 Å². The van der Waals surface area contributed by atoms with Gasteiger partial charge in [-0.2, -0.15) is 0 Å². The second kappa shape index (κ2) is 12.5. The van der Waals surface area contributed by atoms with Crippen LogP contribution in [0.5, 0.6) is 0 Å². The number of piperidine rings is 1. The summed E-state index contributed by atoms with van der Waals surface area (Å²) in [7, 11) is 1.84. The Bertz CT molecular complexity index is 703. The Balaban J connectivity index is 0.00000320. The Labute approximate surface area is 198 Å². The molecule has 1 aromatic carbocycles. The van der Waals surface area contributed by atoms with E-state index in [-0.39, 0.29) is 35.8 Å². The number of primary amides is 1. The second-order valence-electron chi connectivity index (χ2n) is 8.82. The number of benzene rings is 1. The van der Waals surface area contributed by atoms with E-state index in [0.717, 1.165) is 50.9 Å². The largest absolute Gasteiger partial charge is 0.369 e. The fourth-order valence-corrected chi connectivity index (χ4v) is 4.51. The van der Waals surface area contributed by atoms with Crippen LogP contribution < -0.4 is 16.4 Å². The molecule has 7 heteroatoms. The summed E-state index contributed by atoms with van der Waals surface area (Å²) >= 11 is 0. The Hall–Kier alpha value is -1.35. The topological polar surface area (TPSA) is 82.8 Å². The number of carbonyl (C=O) groups excluding carboxylic acids is 1. The van der Waals surface area contributed by atoms with Gasteiger partial charge in [0.2, 0.25) is 5.91 Å². The third-order valence-electron chi connectivity index (χ3n) is 6.35. The summed E-state index contributed by atoms with van der Waals surface area (Å²) in [5, 5.41) is 7.04. The van der Waals surface area contributed by atoms with Gasteiger partial charge in [-0.25, -0.2) is 0 Å². The van der Waals surface area contributed by atoms with Gasteiger partial charge < -0.3 is 16.4 Å². The fourth-order valence-electron chi connectivity index (χ4n) is 4.51. The molecule has 1 heterocycles. The lowest BCUT2D eigenvalue weighted by atomic mass is 9.87. The van der Waals surface area contributed by atoms with Crippen molar-refractivity contribution in [2.75, 3.05) is 20.1 Å². The van der Waals surface area contributed by atoms with Crippen molar-refractivity contribution in [2.45, 2.75) is 64.6 Å². The molecule has 1 saturated carbocycles. The Morgan fingerprint density at radius 2 is 1.93 bits per heavy atom. The maximum Gasteiger partial charge on any atom is 0.221 e. The lowest BCUT2D eigenvalue weighted by Crippen LogP contribution is -2.44. The van der Waals surface area contributed by atoms with Crippen LogP contribution in [0.15, 0.2) is 29.3 Å². The van der Waals surface area contributed by atoms with E-state index in [0.29, 0.717) is 6.04 Å². The number of amides is 1. The standard InChI is InChI=1S/C23H37N5O.HI/c1-17-8-10-21(11-9-17)27-23(25-2)26-14-18-5-3-6-19(13-18)15-28-12-4-7-20(16-28)22(24)29;/h3,5-6,13,17,20-21H,4,7-12,14-16H2,1-2H3,(H2,24,29)(H2,25,26,27);1H. The molecule has 0 bridgehead atoms. The van der Waals surface area contributed by atoms with Gasteiger partial charge >= 0.3 is 0 Å². The summed E-state index contributed by atoms with van der Waals surface area (Å²) in [6.45, 7) is 5.76. The lowest BCUT2D eigenvalue weighted by Gasteiger charge is -2.31. The normalized spacial score (nSPS) is 25.3. The highest BCUT2D eigenvalue weighted by molar-refractivity contribution is 14.0. The molecule has 1 amide bonds. The quantitative estimate of drug-likeness (QED) is 0.302. The molecule has 1 aliphatic heterocycles. The summed E-state index contributed by atoms with van der Waals surface area (Å²) in [6, 6.07) is 9.19. The maximum atomic E-state index is 11.5. The molecule has 1 aromatic rings. The van der Waals surface area contributed by atoms with Gasteiger partial charge in [0.05, 0.1) is 5.92 Å². The molecule has 0 radical (unpaired) electrons. The molecule has 0 spiro atoms. The highest BCUT2D eigenvalue weighted by atomic mass is 127. The van der Waals surface area contributed by atoms with E-state index in [1.807, 2.05) is 7.05 Å². The molecule has 2 fully saturated rings. The predicted molar refractivity (Wildman–Crippen MR) is 134 cm³/mol. The number of nitrogens with one attached hydrogen (secondary N) is 2. The molecule has 3 rings (SSSR count). The molecule has 2 aliphatic rings. The van der Waals surface area contributed by atoms with Gasteiger partial charge in [-0.1, -0.05) is 31.2 Å². The summed E-state index contributed by atoms with van der Waals surface area (Å²) in [5.41, 5.74) is 8.03. The molecular formula is C23H38IN5O. The van der Waals surface area contributed by atoms with Crippen LogP contribution in [0, 0.1) is 11.8 Å². The van der Waals surface area contributed by atoms with Crippen LogP contribution in [0.1, 0.15) is 56.6 Å². The minimum absolute atomic E-state index is 0. The number of nitrogens with zero attached hydrogens (tertiary/aromatic N) is 2. The van der Waals surface area contributed by atoms with Gasteiger partial charge in [-0.3, -0.25) is 14.7 Å². The van der Waals surface area contributed by atoms with Gasteiger partial charge in [0.1, 0.15) is 0 Å². The van der Waals surface area contributed by atoms with Crippen molar-refractivity contribution in [1.29, 1.82) is 0 Å². The molecule has 1 atom stereocenters. The van der Waals surface area contributed by atoms with Crippen LogP contribution in [0.4, 0.5) is 0 Å². The first kappa shape index (κ1) is 24.9. The number of aliphatic imine (C=N–C) groups is 1. The SMILES string of the molecule is CN=C(NCc1cccc(CN2CCCC(C(N)=O)C2)c1)NC1CCC(C)CC1.I. The summed E-state index contributed by atoms with van der Waals surface area (Å²) in [4.78, 5) is 18.3. The first-order valence-electron chi connectivity index (χ1n) is 11.1. The number of carbonyl (C=O) groups is 1. The summed E-state index contributed by atoms with van der Waals surface area (Å²) in [6.07, 6.45) is 6.99. The summed E-state index contributed by atoms with van der Waals surface area (Å²) < 4.78 is 0. The van der Waals surface area contributed by atoms with E-state index in [2.05, 4.69) is 51.7 Å². The third-order valence-corrected chi connectivity index (χ3v) is 6.35. The zero-order valence-corrected chi connectivity index (χ0v) is 20.7. The van der Waals surface area contributed by atoms with E-state index >= 15 is 0 Å². The number of guanidine groups is 1. The first-order valence-corrected chi connectivity index (χ1v) is 11.1. The highest BCUT2D eigenvalue weighted by Crippen LogP contribution is 2.23. The second-order valence-corrected chi connectivity index (χ2v) is 8.82. The van der Waals surface area contributed by atoms with E-state index in [9.17, 15) is 4.79 Å². The van der Waals surface area contributed by atoms with E-state index in [1.165, 1.54) is 36.8 Å². The van der Waals surface area contributed by atoms with Crippen molar-refractivity contribution in [3.8, 4) is 0 Å². The van der Waals surface area contributed by atoms with Crippen molar-refractivity contribution in [3.05, 3.63) is 35.4 Å². The van der Waals surface area contributed by atoms with Crippen LogP contribution in [-0.4, -0.2) is 42.9 Å². The number of hydrogen-bond acceptors (Lipinski definition) is 3. The molecule has 1 aliphatic carbocycles. The molecule has 168 valence electrons. The number of halogens is 1. The number of rotatable bonds is 6. The van der Waals surface area contributed by atoms with Crippen molar-refractivity contribution in [3.63, 3.8) is 0 Å². The van der Waals surface area contributed by atoms with Crippen molar-refractivity contribution >= 4 is 35.8 Å². The van der Waals surface area contributed by atoms with Gasteiger partial charge in [-0.15, -0.1) is 24.0 Å². The van der Waals surface area contributed by atoms with Crippen molar-refractivity contribution < 1.29 is 4.79 Å². The van der Waals surface area contributed by atoms with Crippen molar-refractivity contribution in [1.82, 2.24) is 15.5 Å². The van der Waals surface area contributed by atoms with Crippen LogP contribution in [0.25, 0.3) is 0 Å². The van der Waals surface area contributed by atoms with Crippen LogP contribution in [0.3, 0.4) is 0 Å². The van der Waals surface area contributed by atoms with Crippen LogP contribution in [0.2, 0.25) is 0 Å². The molecular weight excluding hydrogens is 489 g/mol. The Morgan fingerprint density at radius 1 is 1.20 bits per heavy atom. The van der Waals surface area contributed by atoms with E-state index in [1.54, 1.807) is 0 Å². The molecule has 30 heavy (non-hydrogen) atoms. The average molecular weight is 527 g/mol. The smallest absolute Gasteiger partial charge is 0.221 e.